The number of hydrogen-bond acceptors (Lipinski definition) is 6. The summed E-state index contributed by atoms with van der Waals surface area (Å²) in [6.07, 6.45) is -1.65. The van der Waals surface area contributed by atoms with Crippen LogP contribution in [0.1, 0.15) is 48.8 Å². The third kappa shape index (κ3) is 7.35. The van der Waals surface area contributed by atoms with Gasteiger partial charge in [-0.25, -0.2) is 15.6 Å². The summed E-state index contributed by atoms with van der Waals surface area (Å²) in [6.45, 7) is 3.02. The molecule has 8 nitrogen and oxygen atoms in total. The maximum atomic E-state index is 13.0. The molecule has 32 heavy (non-hydrogen) atoms. The van der Waals surface area contributed by atoms with Crippen LogP contribution in [0.15, 0.2) is 18.2 Å². The van der Waals surface area contributed by atoms with E-state index in [0.29, 0.717) is 49.5 Å². The number of alkyl halides is 3. The standard InChI is InChI=1S/C21H30F3N5O3/c1-14-9-15(11-16(10-14)21(22,23)24)13-32-20(31)29-7-5-17(6-8-29)26-19(30)4-2-3-18-12-25-28-27-18/h9-11,17-18,25,27-28H,2-8,12-13H2,1H3,(H,26,30). The number of carbonyl (C=O) groups excluding carboxylic acids is 2. The van der Waals surface area contributed by atoms with Crippen LogP contribution in [0.3, 0.4) is 0 Å². The number of rotatable bonds is 7. The molecule has 2 aliphatic rings. The molecule has 0 saturated carbocycles. The van der Waals surface area contributed by atoms with Crippen LogP contribution in [-0.4, -0.2) is 48.6 Å². The number of hydrogen-bond donors (Lipinski definition) is 4. The molecule has 1 aromatic carbocycles. The minimum atomic E-state index is -4.45. The van der Waals surface area contributed by atoms with Gasteiger partial charge in [0.2, 0.25) is 5.91 Å². The van der Waals surface area contributed by atoms with Crippen LogP contribution < -0.4 is 21.7 Å². The van der Waals surface area contributed by atoms with Gasteiger partial charge in [-0.1, -0.05) is 11.6 Å². The smallest absolute Gasteiger partial charge is 0.416 e. The maximum absolute atomic E-state index is 13.0. The van der Waals surface area contributed by atoms with E-state index in [4.69, 9.17) is 4.74 Å². The Hall–Kier alpha value is -2.37. The highest BCUT2D eigenvalue weighted by Gasteiger charge is 2.31. The lowest BCUT2D eigenvalue weighted by atomic mass is 10.0. The zero-order chi connectivity index (χ0) is 23.1. The number of aryl methyl sites for hydroxylation is 1. The first-order valence-electron chi connectivity index (χ1n) is 10.8. The molecule has 0 bridgehead atoms. The highest BCUT2D eigenvalue weighted by molar-refractivity contribution is 5.76. The lowest BCUT2D eigenvalue weighted by molar-refractivity contribution is -0.137. The quantitative estimate of drug-likeness (QED) is 0.502. The number of amides is 2. The number of nitrogens with one attached hydrogen (secondary N) is 4. The van der Waals surface area contributed by atoms with Crippen LogP contribution in [0, 0.1) is 6.92 Å². The Kier molecular flexibility index (Phi) is 8.32. The molecule has 2 aliphatic heterocycles. The molecule has 11 heteroatoms. The number of hydrazine groups is 2. The van der Waals surface area contributed by atoms with Crippen LogP contribution in [0.5, 0.6) is 0 Å². The molecule has 1 aromatic rings. The molecule has 3 rings (SSSR count). The first-order chi connectivity index (χ1) is 15.2. The number of piperidine rings is 1. The second kappa shape index (κ2) is 11.0. The molecule has 0 aliphatic carbocycles. The highest BCUT2D eigenvalue weighted by Crippen LogP contribution is 2.30. The van der Waals surface area contributed by atoms with E-state index in [0.717, 1.165) is 31.5 Å². The third-order valence-electron chi connectivity index (χ3n) is 5.61. The number of halogens is 3. The highest BCUT2D eigenvalue weighted by atomic mass is 19.4. The molecular weight excluding hydrogens is 427 g/mol. The Bertz CT molecular complexity index is 791. The fraction of sp³-hybridized carbons (Fsp3) is 0.619. The lowest BCUT2D eigenvalue weighted by Gasteiger charge is -2.31. The first kappa shape index (κ1) is 24.3. The minimum absolute atomic E-state index is 0.00450. The summed E-state index contributed by atoms with van der Waals surface area (Å²) in [4.78, 5) is 26.0. The van der Waals surface area contributed by atoms with Gasteiger partial charge in [0.05, 0.1) is 5.56 Å². The topological polar surface area (TPSA) is 94.7 Å². The molecule has 2 fully saturated rings. The first-order valence-corrected chi connectivity index (χ1v) is 10.8. The van der Waals surface area contributed by atoms with Gasteiger partial charge in [-0.15, -0.1) is 0 Å². The summed E-state index contributed by atoms with van der Waals surface area (Å²) in [5, 5.41) is 3.01. The SMILES string of the molecule is Cc1cc(COC(=O)N2CCC(NC(=O)CCCC3CNNN3)CC2)cc(C(F)(F)F)c1. The summed E-state index contributed by atoms with van der Waals surface area (Å²) in [6, 6.07) is 3.95. The Labute approximate surface area is 185 Å². The van der Waals surface area contributed by atoms with Crippen molar-refractivity contribution in [2.24, 2.45) is 0 Å². The third-order valence-corrected chi connectivity index (χ3v) is 5.61. The molecule has 2 saturated heterocycles. The molecule has 4 N–H and O–H groups in total. The molecule has 1 unspecified atom stereocenters. The van der Waals surface area contributed by atoms with Crippen molar-refractivity contribution in [2.75, 3.05) is 19.6 Å². The zero-order valence-corrected chi connectivity index (χ0v) is 18.1. The molecule has 2 heterocycles. The number of ether oxygens (including phenoxy) is 1. The van der Waals surface area contributed by atoms with Gasteiger partial charge < -0.3 is 15.0 Å². The fourth-order valence-corrected chi connectivity index (χ4v) is 3.91. The average molecular weight is 457 g/mol. The van der Waals surface area contributed by atoms with Gasteiger partial charge in [0.25, 0.3) is 0 Å². The van der Waals surface area contributed by atoms with E-state index < -0.39 is 17.8 Å². The Morgan fingerprint density at radius 1 is 1.22 bits per heavy atom. The van der Waals surface area contributed by atoms with Crippen molar-refractivity contribution in [1.29, 1.82) is 0 Å². The molecule has 1 atom stereocenters. The monoisotopic (exact) mass is 457 g/mol. The number of carbonyl (C=O) groups is 2. The van der Waals surface area contributed by atoms with Crippen molar-refractivity contribution >= 4 is 12.0 Å². The van der Waals surface area contributed by atoms with Gasteiger partial charge in [0.1, 0.15) is 6.61 Å². The number of benzene rings is 1. The zero-order valence-electron chi connectivity index (χ0n) is 18.1. The van der Waals surface area contributed by atoms with E-state index in [9.17, 15) is 22.8 Å². The van der Waals surface area contributed by atoms with Crippen LogP contribution in [0.25, 0.3) is 0 Å². The summed E-state index contributed by atoms with van der Waals surface area (Å²) in [5.74, 6) is 0.00450. The molecule has 0 radical (unpaired) electrons. The van der Waals surface area contributed by atoms with Gasteiger partial charge in [0.15, 0.2) is 0 Å². The molecule has 2 amide bonds. The normalized spacial score (nSPS) is 19.8. The van der Waals surface area contributed by atoms with E-state index in [-0.39, 0.29) is 18.6 Å². The van der Waals surface area contributed by atoms with Crippen molar-refractivity contribution in [2.45, 2.75) is 63.9 Å². The van der Waals surface area contributed by atoms with Gasteiger partial charge in [0, 0.05) is 38.1 Å². The van der Waals surface area contributed by atoms with Gasteiger partial charge >= 0.3 is 12.3 Å². The summed E-state index contributed by atoms with van der Waals surface area (Å²) in [5.41, 5.74) is 8.86. The Balaban J connectivity index is 1.36. The number of nitrogens with zero attached hydrogens (tertiary/aromatic N) is 1. The van der Waals surface area contributed by atoms with E-state index >= 15 is 0 Å². The molecule has 0 spiro atoms. The van der Waals surface area contributed by atoms with E-state index in [1.54, 1.807) is 13.0 Å². The second-order valence-corrected chi connectivity index (χ2v) is 8.33. The van der Waals surface area contributed by atoms with Crippen molar-refractivity contribution in [3.8, 4) is 0 Å². The fourth-order valence-electron chi connectivity index (χ4n) is 3.91. The molecule has 0 aromatic heterocycles. The van der Waals surface area contributed by atoms with Crippen molar-refractivity contribution in [3.63, 3.8) is 0 Å². The maximum Gasteiger partial charge on any atom is 0.416 e. The van der Waals surface area contributed by atoms with Crippen LogP contribution in [0.4, 0.5) is 18.0 Å². The van der Waals surface area contributed by atoms with Crippen LogP contribution in [0.2, 0.25) is 0 Å². The van der Waals surface area contributed by atoms with Crippen LogP contribution in [-0.2, 0) is 22.3 Å². The Morgan fingerprint density at radius 2 is 1.97 bits per heavy atom. The summed E-state index contributed by atoms with van der Waals surface area (Å²) >= 11 is 0. The summed E-state index contributed by atoms with van der Waals surface area (Å²) < 4.78 is 44.1. The number of likely N-dealkylation sites (tertiary alicyclic amines) is 1. The van der Waals surface area contributed by atoms with E-state index in [1.807, 2.05) is 0 Å². The molecule has 178 valence electrons. The largest absolute Gasteiger partial charge is 0.445 e. The van der Waals surface area contributed by atoms with Crippen molar-refractivity contribution in [3.05, 3.63) is 34.9 Å². The van der Waals surface area contributed by atoms with Crippen molar-refractivity contribution in [1.82, 2.24) is 26.6 Å². The predicted octanol–water partition coefficient (Wildman–Crippen LogP) is 2.38. The second-order valence-electron chi connectivity index (χ2n) is 8.33. The van der Waals surface area contributed by atoms with Gasteiger partial charge in [-0.3, -0.25) is 4.79 Å². The lowest BCUT2D eigenvalue weighted by Crippen LogP contribution is -2.46. The predicted molar refractivity (Wildman–Crippen MR) is 111 cm³/mol. The van der Waals surface area contributed by atoms with Gasteiger partial charge in [-0.05, 0) is 50.3 Å². The average Bonchev–Trinajstić information content (AvgIpc) is 3.25. The van der Waals surface area contributed by atoms with E-state index in [1.165, 1.54) is 4.90 Å². The van der Waals surface area contributed by atoms with Gasteiger partial charge in [-0.2, -0.15) is 18.7 Å². The molecular formula is C21H30F3N5O3. The Morgan fingerprint density at radius 3 is 2.62 bits per heavy atom. The van der Waals surface area contributed by atoms with Crippen molar-refractivity contribution < 1.29 is 27.5 Å². The van der Waals surface area contributed by atoms with Crippen LogP contribution >= 0.6 is 0 Å². The summed E-state index contributed by atoms with van der Waals surface area (Å²) in [7, 11) is 0. The minimum Gasteiger partial charge on any atom is -0.445 e. The van der Waals surface area contributed by atoms with E-state index in [2.05, 4.69) is 21.7 Å².